The van der Waals surface area contributed by atoms with Crippen molar-refractivity contribution in [2.75, 3.05) is 26.8 Å². The third-order valence-electron chi connectivity index (χ3n) is 4.09. The average Bonchev–Trinajstić information content (AvgIpc) is 3.32. The number of sulfonamides is 1. The molecule has 8 nitrogen and oxygen atoms in total. The number of benzene rings is 1. The van der Waals surface area contributed by atoms with Gasteiger partial charge >= 0.3 is 0 Å². The molecule has 0 atom stereocenters. The van der Waals surface area contributed by atoms with E-state index in [1.165, 1.54) is 26.4 Å². The molecule has 1 aliphatic carbocycles. The molecule has 0 fully saturated rings. The zero-order chi connectivity index (χ0) is 20.3. The summed E-state index contributed by atoms with van der Waals surface area (Å²) in [6.45, 7) is -0.155. The number of halogens is 1. The largest absolute Gasteiger partial charge is 0.493 e. The highest BCUT2D eigenvalue weighted by atomic mass is 35.5. The number of methoxy groups -OCH3 is 2. The zero-order valence-corrected chi connectivity index (χ0v) is 16.8. The molecule has 3 rings (SSSR count). The van der Waals surface area contributed by atoms with Crippen molar-refractivity contribution in [3.8, 4) is 5.75 Å². The topological polar surface area (TPSA) is 107 Å². The van der Waals surface area contributed by atoms with E-state index >= 15 is 0 Å². The molecular formula is C18H19ClN2O6S. The van der Waals surface area contributed by atoms with E-state index in [-0.39, 0.29) is 23.4 Å². The van der Waals surface area contributed by atoms with Crippen LogP contribution >= 0.6 is 11.6 Å². The van der Waals surface area contributed by atoms with Crippen LogP contribution in [0.15, 0.2) is 45.4 Å². The van der Waals surface area contributed by atoms with Crippen molar-refractivity contribution in [2.24, 2.45) is 0 Å². The highest BCUT2D eigenvalue weighted by Gasteiger charge is 2.23. The number of alkyl halides is 1. The van der Waals surface area contributed by atoms with Crippen molar-refractivity contribution in [1.29, 1.82) is 0 Å². The second-order valence-electron chi connectivity index (χ2n) is 5.92. The number of fused-ring (bicyclic) bond motifs is 1. The molecule has 28 heavy (non-hydrogen) atoms. The van der Waals surface area contributed by atoms with Gasteiger partial charge in [-0.1, -0.05) is 6.08 Å². The molecule has 1 aromatic carbocycles. The number of carbonyl (C=O) groups is 1. The average molecular weight is 427 g/mol. The maximum Gasteiger partial charge on any atom is 0.243 e. The molecule has 0 unspecified atom stereocenters. The summed E-state index contributed by atoms with van der Waals surface area (Å²) < 4.78 is 43.5. The summed E-state index contributed by atoms with van der Waals surface area (Å²) in [5.74, 6) is 0.430. The normalized spacial score (nSPS) is 14.1. The molecule has 2 aromatic rings. The van der Waals surface area contributed by atoms with Gasteiger partial charge in [-0.3, -0.25) is 4.79 Å². The van der Waals surface area contributed by atoms with Gasteiger partial charge in [0, 0.05) is 30.2 Å². The van der Waals surface area contributed by atoms with Gasteiger partial charge in [0.25, 0.3) is 0 Å². The third-order valence-corrected chi connectivity index (χ3v) is 5.76. The van der Waals surface area contributed by atoms with Crippen molar-refractivity contribution < 1.29 is 27.1 Å². The number of ether oxygens (including phenoxy) is 2. The second-order valence-corrected chi connectivity index (χ2v) is 7.92. The Hall–Kier alpha value is -2.33. The molecule has 150 valence electrons. The summed E-state index contributed by atoms with van der Waals surface area (Å²) in [7, 11) is -0.946. The number of amides is 1. The first-order valence-corrected chi connectivity index (χ1v) is 10.3. The van der Waals surface area contributed by atoms with E-state index in [2.05, 4.69) is 10.0 Å². The molecule has 1 aromatic heterocycles. The molecular weight excluding hydrogens is 408 g/mol. The lowest BCUT2D eigenvalue weighted by Crippen LogP contribution is -2.25. The molecule has 10 heteroatoms. The Morgan fingerprint density at radius 3 is 2.79 bits per heavy atom. The minimum atomic E-state index is -3.81. The zero-order valence-electron chi connectivity index (χ0n) is 15.2. The van der Waals surface area contributed by atoms with Gasteiger partial charge in [-0.15, -0.1) is 11.6 Å². The highest BCUT2D eigenvalue weighted by molar-refractivity contribution is 7.89. The summed E-state index contributed by atoms with van der Waals surface area (Å²) in [6.07, 6.45) is 4.13. The number of hydrogen-bond acceptors (Lipinski definition) is 6. The quantitative estimate of drug-likeness (QED) is 0.495. The lowest BCUT2D eigenvalue weighted by molar-refractivity contribution is -0.118. The molecule has 0 bridgehead atoms. The Kier molecular flexibility index (Phi) is 6.09. The molecule has 0 aliphatic heterocycles. The van der Waals surface area contributed by atoms with Crippen molar-refractivity contribution in [3.63, 3.8) is 0 Å². The van der Waals surface area contributed by atoms with Crippen molar-refractivity contribution in [1.82, 2.24) is 10.0 Å². The van der Waals surface area contributed by atoms with E-state index in [0.717, 1.165) is 5.57 Å². The SMILES string of the molecule is COCNS(=O)(=O)c1ccc(OC)c2oc(C3=CCC(NC(=O)CCl)=C3)cc12. The van der Waals surface area contributed by atoms with Gasteiger partial charge in [-0.25, -0.2) is 8.42 Å². The Morgan fingerprint density at radius 2 is 2.11 bits per heavy atom. The van der Waals surface area contributed by atoms with Gasteiger partial charge in [-0.2, -0.15) is 4.72 Å². The van der Waals surface area contributed by atoms with Crippen LogP contribution in [0.4, 0.5) is 0 Å². The van der Waals surface area contributed by atoms with Crippen LogP contribution in [0, 0.1) is 0 Å². The summed E-state index contributed by atoms with van der Waals surface area (Å²) in [5, 5.41) is 3.08. The van der Waals surface area contributed by atoms with Crippen LogP contribution in [0.2, 0.25) is 0 Å². The summed E-state index contributed by atoms with van der Waals surface area (Å²) >= 11 is 5.51. The van der Waals surface area contributed by atoms with Gasteiger partial charge in [0.15, 0.2) is 11.3 Å². The number of rotatable bonds is 8. The number of nitrogens with one attached hydrogen (secondary N) is 2. The number of hydrogen-bond donors (Lipinski definition) is 2. The number of carbonyl (C=O) groups excluding carboxylic acids is 1. The Bertz CT molecular complexity index is 1070. The van der Waals surface area contributed by atoms with E-state index in [9.17, 15) is 13.2 Å². The van der Waals surface area contributed by atoms with Crippen molar-refractivity contribution >= 4 is 44.1 Å². The van der Waals surface area contributed by atoms with E-state index in [1.54, 1.807) is 12.1 Å². The van der Waals surface area contributed by atoms with Crippen LogP contribution < -0.4 is 14.8 Å². The maximum absolute atomic E-state index is 12.6. The van der Waals surface area contributed by atoms with Crippen molar-refractivity contribution in [2.45, 2.75) is 11.3 Å². The molecule has 0 spiro atoms. The van der Waals surface area contributed by atoms with E-state index in [0.29, 0.717) is 34.6 Å². The second kappa shape index (κ2) is 8.36. The minimum absolute atomic E-state index is 0.0496. The first kappa shape index (κ1) is 20.4. The molecule has 2 N–H and O–H groups in total. The smallest absolute Gasteiger partial charge is 0.243 e. The van der Waals surface area contributed by atoms with Crippen molar-refractivity contribution in [3.05, 3.63) is 41.8 Å². The highest BCUT2D eigenvalue weighted by Crippen LogP contribution is 2.37. The minimum Gasteiger partial charge on any atom is -0.493 e. The number of allylic oxidation sites excluding steroid dienone is 3. The van der Waals surface area contributed by atoms with Crippen LogP contribution in [-0.4, -0.2) is 41.2 Å². The first-order valence-electron chi connectivity index (χ1n) is 8.25. The lowest BCUT2D eigenvalue weighted by atomic mass is 10.2. The Balaban J connectivity index is 2.03. The van der Waals surface area contributed by atoms with Gasteiger partial charge in [0.2, 0.25) is 15.9 Å². The molecule has 0 saturated heterocycles. The van der Waals surface area contributed by atoms with Crippen LogP contribution in [0.5, 0.6) is 5.75 Å². The predicted octanol–water partition coefficient (Wildman–Crippen LogP) is 2.35. The predicted molar refractivity (Wildman–Crippen MR) is 105 cm³/mol. The standard InChI is InChI=1S/C18H19ClN2O6S/c1-25-10-20-28(23,24)16-6-5-14(26-2)18-13(16)8-15(27-18)11-3-4-12(7-11)21-17(22)9-19/h3,5-8,20H,4,9-10H2,1-2H3,(H,21,22). The number of furan rings is 1. The summed E-state index contributed by atoms with van der Waals surface area (Å²) in [4.78, 5) is 11.5. The van der Waals surface area contributed by atoms with Gasteiger partial charge in [-0.05, 0) is 24.3 Å². The maximum atomic E-state index is 12.6. The van der Waals surface area contributed by atoms with Crippen LogP contribution in [0.25, 0.3) is 16.5 Å². The summed E-state index contributed by atoms with van der Waals surface area (Å²) in [5.41, 5.74) is 1.71. The van der Waals surface area contributed by atoms with Crippen LogP contribution in [0.3, 0.4) is 0 Å². The van der Waals surface area contributed by atoms with E-state index in [4.69, 9.17) is 25.5 Å². The summed E-state index contributed by atoms with van der Waals surface area (Å²) in [6, 6.07) is 4.61. The van der Waals surface area contributed by atoms with Gasteiger partial charge in [0.05, 0.1) is 12.0 Å². The van der Waals surface area contributed by atoms with E-state index < -0.39 is 10.0 Å². The molecule has 1 heterocycles. The van der Waals surface area contributed by atoms with Crippen LogP contribution in [-0.2, 0) is 19.6 Å². The molecule has 1 amide bonds. The Morgan fingerprint density at radius 1 is 1.32 bits per heavy atom. The third kappa shape index (κ3) is 4.07. The van der Waals surface area contributed by atoms with Gasteiger partial charge < -0.3 is 19.2 Å². The fraction of sp³-hybridized carbons (Fsp3) is 0.278. The fourth-order valence-corrected chi connectivity index (χ4v) is 4.01. The lowest BCUT2D eigenvalue weighted by Gasteiger charge is -2.08. The molecule has 0 radical (unpaired) electrons. The first-order chi connectivity index (χ1) is 13.4. The fourth-order valence-electron chi connectivity index (χ4n) is 2.82. The van der Waals surface area contributed by atoms with Gasteiger partial charge in [0.1, 0.15) is 18.4 Å². The molecule has 1 aliphatic rings. The molecule has 0 saturated carbocycles. The monoisotopic (exact) mass is 426 g/mol. The van der Waals surface area contributed by atoms with Crippen LogP contribution in [0.1, 0.15) is 12.2 Å². The van der Waals surface area contributed by atoms with E-state index in [1.807, 2.05) is 6.08 Å². The Labute approximate surface area is 167 Å².